The Morgan fingerprint density at radius 3 is 2.65 bits per heavy atom. The molecule has 0 heterocycles. The quantitative estimate of drug-likeness (QED) is 0.902. The van der Waals surface area contributed by atoms with Gasteiger partial charge in [-0.25, -0.2) is 4.39 Å². The van der Waals surface area contributed by atoms with Crippen LogP contribution in [0.25, 0.3) is 0 Å². The zero-order valence-electron chi connectivity index (χ0n) is 11.9. The highest BCUT2D eigenvalue weighted by Gasteiger charge is 2.31. The smallest absolute Gasteiger partial charge is 0.223 e. The van der Waals surface area contributed by atoms with Gasteiger partial charge in [-0.15, -0.1) is 12.4 Å². The van der Waals surface area contributed by atoms with Crippen molar-refractivity contribution in [3.8, 4) is 0 Å². The third-order valence-corrected chi connectivity index (χ3v) is 3.83. The van der Waals surface area contributed by atoms with Crippen molar-refractivity contribution in [3.63, 3.8) is 0 Å². The summed E-state index contributed by atoms with van der Waals surface area (Å²) in [7, 11) is 0. The number of hydrogen-bond donors (Lipinski definition) is 2. The fourth-order valence-corrected chi connectivity index (χ4v) is 2.61. The van der Waals surface area contributed by atoms with E-state index in [1.165, 1.54) is 12.1 Å². The number of nitrogens with one attached hydrogen (secondary N) is 1. The topological polar surface area (TPSA) is 55.1 Å². The normalized spacial score (nSPS) is 22.2. The molecule has 2 rings (SSSR count). The summed E-state index contributed by atoms with van der Waals surface area (Å²) >= 11 is 0. The first kappa shape index (κ1) is 16.9. The van der Waals surface area contributed by atoms with Crippen molar-refractivity contribution in [2.24, 2.45) is 11.7 Å². The van der Waals surface area contributed by atoms with Crippen molar-refractivity contribution >= 4 is 18.3 Å². The van der Waals surface area contributed by atoms with Crippen LogP contribution >= 0.6 is 12.4 Å². The molecule has 0 aliphatic heterocycles. The van der Waals surface area contributed by atoms with E-state index in [-0.39, 0.29) is 36.1 Å². The number of nitrogens with two attached hydrogens (primary N) is 1. The van der Waals surface area contributed by atoms with Crippen molar-refractivity contribution in [1.29, 1.82) is 0 Å². The molecule has 1 aliphatic rings. The molecule has 0 spiro atoms. The van der Waals surface area contributed by atoms with Gasteiger partial charge in [0.15, 0.2) is 0 Å². The van der Waals surface area contributed by atoms with Crippen LogP contribution in [0.2, 0.25) is 0 Å². The van der Waals surface area contributed by atoms with E-state index < -0.39 is 5.54 Å². The van der Waals surface area contributed by atoms with Crippen LogP contribution in [-0.4, -0.2) is 11.9 Å². The Morgan fingerprint density at radius 1 is 1.40 bits per heavy atom. The van der Waals surface area contributed by atoms with E-state index in [4.69, 9.17) is 5.73 Å². The maximum atomic E-state index is 13.3. The lowest BCUT2D eigenvalue weighted by Gasteiger charge is -2.28. The molecule has 0 radical (unpaired) electrons. The molecular weight excluding hydrogens is 279 g/mol. The molecule has 1 aromatic carbocycles. The average molecular weight is 301 g/mol. The first-order valence-electron chi connectivity index (χ1n) is 6.72. The minimum atomic E-state index is -0.578. The Balaban J connectivity index is 0.00000200. The van der Waals surface area contributed by atoms with Crippen molar-refractivity contribution in [1.82, 2.24) is 5.32 Å². The Morgan fingerprint density at radius 2 is 2.10 bits per heavy atom. The Bertz CT molecular complexity index is 479. The standard InChI is InChI=1S/C15H21FN2O.ClH/c1-15(2,11-4-3-5-12(16)9-11)18-14(19)10-6-7-13(17)8-10;/h3-5,9-10,13H,6-8,17H2,1-2H3,(H,18,19);1H. The molecule has 20 heavy (non-hydrogen) atoms. The highest BCUT2D eigenvalue weighted by atomic mass is 35.5. The summed E-state index contributed by atoms with van der Waals surface area (Å²) in [6, 6.07) is 6.47. The second-order valence-electron chi connectivity index (χ2n) is 5.89. The van der Waals surface area contributed by atoms with Gasteiger partial charge >= 0.3 is 0 Å². The van der Waals surface area contributed by atoms with Crippen LogP contribution in [0.5, 0.6) is 0 Å². The van der Waals surface area contributed by atoms with E-state index in [0.717, 1.165) is 24.8 Å². The van der Waals surface area contributed by atoms with E-state index >= 15 is 0 Å². The van der Waals surface area contributed by atoms with Crippen LogP contribution in [0, 0.1) is 11.7 Å². The number of carbonyl (C=O) groups excluding carboxylic acids is 1. The van der Waals surface area contributed by atoms with Gasteiger partial charge in [-0.2, -0.15) is 0 Å². The van der Waals surface area contributed by atoms with Crippen LogP contribution in [0.3, 0.4) is 0 Å². The molecule has 0 aromatic heterocycles. The van der Waals surface area contributed by atoms with Gasteiger partial charge in [0.2, 0.25) is 5.91 Å². The van der Waals surface area contributed by atoms with Crippen LogP contribution in [0.1, 0.15) is 38.7 Å². The average Bonchev–Trinajstić information content (AvgIpc) is 2.75. The summed E-state index contributed by atoms with van der Waals surface area (Å²) in [5.74, 6) is -0.284. The van der Waals surface area contributed by atoms with Crippen LogP contribution in [0.4, 0.5) is 4.39 Å². The summed E-state index contributed by atoms with van der Waals surface area (Å²) in [5, 5.41) is 3.00. The number of carbonyl (C=O) groups is 1. The fraction of sp³-hybridized carbons (Fsp3) is 0.533. The Kier molecular flexibility index (Phi) is 5.54. The lowest BCUT2D eigenvalue weighted by Crippen LogP contribution is -2.43. The van der Waals surface area contributed by atoms with E-state index in [1.54, 1.807) is 6.07 Å². The molecule has 3 N–H and O–H groups in total. The summed E-state index contributed by atoms with van der Waals surface area (Å²) in [6.45, 7) is 3.77. The Labute approximate surface area is 125 Å². The largest absolute Gasteiger partial charge is 0.347 e. The zero-order chi connectivity index (χ0) is 14.0. The predicted octanol–water partition coefficient (Wildman–Crippen LogP) is 2.73. The van der Waals surface area contributed by atoms with Crippen LogP contribution in [0.15, 0.2) is 24.3 Å². The molecule has 1 amide bonds. The fourth-order valence-electron chi connectivity index (χ4n) is 2.61. The van der Waals surface area contributed by atoms with Crippen molar-refractivity contribution in [3.05, 3.63) is 35.6 Å². The summed E-state index contributed by atoms with van der Waals surface area (Å²) in [4.78, 5) is 12.2. The number of benzene rings is 1. The summed E-state index contributed by atoms with van der Waals surface area (Å²) in [6.07, 6.45) is 2.48. The maximum Gasteiger partial charge on any atom is 0.223 e. The lowest BCUT2D eigenvalue weighted by atomic mass is 9.93. The molecule has 1 aliphatic carbocycles. The molecule has 5 heteroatoms. The molecule has 1 saturated carbocycles. The van der Waals surface area contributed by atoms with Gasteiger partial charge in [0, 0.05) is 12.0 Å². The van der Waals surface area contributed by atoms with Gasteiger partial charge in [-0.1, -0.05) is 12.1 Å². The highest BCUT2D eigenvalue weighted by Crippen LogP contribution is 2.27. The number of amides is 1. The minimum absolute atomic E-state index is 0. The monoisotopic (exact) mass is 300 g/mol. The lowest BCUT2D eigenvalue weighted by molar-refractivity contribution is -0.126. The predicted molar refractivity (Wildman–Crippen MR) is 80.1 cm³/mol. The van der Waals surface area contributed by atoms with Crippen LogP contribution < -0.4 is 11.1 Å². The molecule has 112 valence electrons. The maximum absolute atomic E-state index is 13.3. The molecule has 2 atom stereocenters. The third kappa shape index (κ3) is 3.93. The molecule has 3 nitrogen and oxygen atoms in total. The molecule has 2 unspecified atom stereocenters. The van der Waals surface area contributed by atoms with E-state index in [0.29, 0.717) is 0 Å². The SMILES string of the molecule is CC(C)(NC(=O)C1CCC(N)C1)c1cccc(F)c1.Cl. The molecular formula is C15H22ClFN2O. The number of hydrogen-bond acceptors (Lipinski definition) is 2. The van der Waals surface area contributed by atoms with Gasteiger partial charge in [-0.3, -0.25) is 4.79 Å². The molecule has 1 fully saturated rings. The van der Waals surface area contributed by atoms with Gasteiger partial charge in [0.25, 0.3) is 0 Å². The second kappa shape index (κ2) is 6.55. The van der Waals surface area contributed by atoms with Crippen molar-refractivity contribution in [2.75, 3.05) is 0 Å². The van der Waals surface area contributed by atoms with Gasteiger partial charge in [0.1, 0.15) is 5.82 Å². The summed E-state index contributed by atoms with van der Waals surface area (Å²) < 4.78 is 13.3. The first-order valence-corrected chi connectivity index (χ1v) is 6.72. The van der Waals surface area contributed by atoms with E-state index in [2.05, 4.69) is 5.32 Å². The number of halogens is 2. The first-order chi connectivity index (χ1) is 8.88. The van der Waals surface area contributed by atoms with Crippen molar-refractivity contribution in [2.45, 2.75) is 44.7 Å². The van der Waals surface area contributed by atoms with Gasteiger partial charge in [-0.05, 0) is 50.8 Å². The van der Waals surface area contributed by atoms with Crippen LogP contribution in [-0.2, 0) is 10.3 Å². The van der Waals surface area contributed by atoms with E-state index in [1.807, 2.05) is 19.9 Å². The van der Waals surface area contributed by atoms with Gasteiger partial charge in [0.05, 0.1) is 5.54 Å². The van der Waals surface area contributed by atoms with E-state index in [9.17, 15) is 9.18 Å². The second-order valence-corrected chi connectivity index (χ2v) is 5.89. The minimum Gasteiger partial charge on any atom is -0.347 e. The van der Waals surface area contributed by atoms with Crippen molar-refractivity contribution < 1.29 is 9.18 Å². The Hall–Kier alpha value is -1.13. The summed E-state index contributed by atoms with van der Waals surface area (Å²) in [5.41, 5.74) is 6.02. The number of rotatable bonds is 3. The molecule has 0 saturated heterocycles. The molecule has 0 bridgehead atoms. The molecule has 1 aromatic rings. The third-order valence-electron chi connectivity index (χ3n) is 3.83. The zero-order valence-corrected chi connectivity index (χ0v) is 12.7. The highest BCUT2D eigenvalue weighted by molar-refractivity contribution is 5.85. The van der Waals surface area contributed by atoms with Gasteiger partial charge < -0.3 is 11.1 Å².